The number of amides is 1. The Bertz CT molecular complexity index is 620. The van der Waals surface area contributed by atoms with Crippen LogP contribution in [0.15, 0.2) is 0 Å². The number of carbonyl (C=O) groups is 1. The van der Waals surface area contributed by atoms with Crippen LogP contribution in [0.1, 0.15) is 59.0 Å². The van der Waals surface area contributed by atoms with Crippen LogP contribution >= 0.6 is 11.6 Å². The Morgan fingerprint density at radius 3 is 2.08 bits per heavy atom. The Labute approximate surface area is 157 Å². The SMILES string of the molecule is Cc1c(Cl)c(C(F)(F)F)nn1[C@H](C)C(=O)N[C@@H](C)CN(C(C)C)C(C)C. The normalized spacial score (nSPS) is 15.0. The third kappa shape index (κ3) is 5.36. The topological polar surface area (TPSA) is 50.2 Å². The van der Waals surface area contributed by atoms with Gasteiger partial charge in [-0.3, -0.25) is 14.4 Å². The first-order valence-electron chi connectivity index (χ1n) is 8.65. The molecule has 1 rings (SSSR count). The molecule has 1 heterocycles. The molecule has 150 valence electrons. The number of hydrogen-bond donors (Lipinski definition) is 1. The summed E-state index contributed by atoms with van der Waals surface area (Å²) in [5, 5.41) is 5.89. The van der Waals surface area contributed by atoms with E-state index in [1.807, 2.05) is 6.92 Å². The van der Waals surface area contributed by atoms with Gasteiger partial charge in [0.1, 0.15) is 6.04 Å². The number of alkyl halides is 3. The highest BCUT2D eigenvalue weighted by atomic mass is 35.5. The van der Waals surface area contributed by atoms with Crippen molar-refractivity contribution in [3.8, 4) is 0 Å². The molecule has 2 atom stereocenters. The third-order valence-corrected chi connectivity index (χ3v) is 4.74. The fourth-order valence-electron chi connectivity index (χ4n) is 2.91. The molecule has 9 heteroatoms. The lowest BCUT2D eigenvalue weighted by Crippen LogP contribution is -2.48. The Kier molecular flexibility index (Phi) is 7.53. The third-order valence-electron chi connectivity index (χ3n) is 4.29. The summed E-state index contributed by atoms with van der Waals surface area (Å²) in [6.45, 7) is 13.7. The highest BCUT2D eigenvalue weighted by molar-refractivity contribution is 6.32. The summed E-state index contributed by atoms with van der Waals surface area (Å²) in [5.74, 6) is -0.402. The van der Waals surface area contributed by atoms with Gasteiger partial charge in [0.2, 0.25) is 5.91 Å². The van der Waals surface area contributed by atoms with Gasteiger partial charge in [0.15, 0.2) is 5.69 Å². The number of rotatable bonds is 7. The summed E-state index contributed by atoms with van der Waals surface area (Å²) >= 11 is 5.75. The molecule has 0 fully saturated rings. The van der Waals surface area contributed by atoms with E-state index in [1.54, 1.807) is 0 Å². The van der Waals surface area contributed by atoms with Gasteiger partial charge in [-0.2, -0.15) is 18.3 Å². The summed E-state index contributed by atoms with van der Waals surface area (Å²) in [6, 6.07) is -0.442. The fraction of sp³-hybridized carbons (Fsp3) is 0.765. The highest BCUT2D eigenvalue weighted by Crippen LogP contribution is 2.36. The van der Waals surface area contributed by atoms with Gasteiger partial charge in [-0.15, -0.1) is 0 Å². The van der Waals surface area contributed by atoms with Gasteiger partial charge in [0.25, 0.3) is 0 Å². The molecule has 1 aromatic heterocycles. The molecule has 0 spiro atoms. The molecule has 0 saturated heterocycles. The van der Waals surface area contributed by atoms with E-state index < -0.39 is 28.8 Å². The largest absolute Gasteiger partial charge is 0.436 e. The van der Waals surface area contributed by atoms with Crippen molar-refractivity contribution in [2.24, 2.45) is 0 Å². The summed E-state index contributed by atoms with van der Waals surface area (Å²) in [5.41, 5.74) is -1.06. The molecule has 0 unspecified atom stereocenters. The lowest BCUT2D eigenvalue weighted by Gasteiger charge is -2.33. The average molecular weight is 397 g/mol. The second-order valence-electron chi connectivity index (χ2n) is 7.16. The lowest BCUT2D eigenvalue weighted by molar-refractivity contribution is -0.141. The molecule has 26 heavy (non-hydrogen) atoms. The molecule has 1 amide bonds. The van der Waals surface area contributed by atoms with Crippen LogP contribution in [0, 0.1) is 6.92 Å². The first-order chi connectivity index (χ1) is 11.8. The van der Waals surface area contributed by atoms with Gasteiger partial charge in [-0.1, -0.05) is 11.6 Å². The molecule has 1 aromatic rings. The smallest absolute Gasteiger partial charge is 0.351 e. The first kappa shape index (κ1) is 22.8. The van der Waals surface area contributed by atoms with Crippen LogP contribution in [0.5, 0.6) is 0 Å². The van der Waals surface area contributed by atoms with Crippen LogP contribution in [0.4, 0.5) is 13.2 Å². The standard InChI is InChI=1S/C17H28ClF3N4O/c1-9(2)24(10(3)4)8-11(5)22-16(26)13(7)25-12(6)14(18)15(23-25)17(19,20)21/h9-11,13H,8H2,1-7H3,(H,22,26)/t11-,13+/m0/s1. The Morgan fingerprint density at radius 2 is 1.69 bits per heavy atom. The molecule has 0 bridgehead atoms. The van der Waals surface area contributed by atoms with Crippen molar-refractivity contribution in [3.05, 3.63) is 16.4 Å². The second kappa shape index (κ2) is 8.61. The van der Waals surface area contributed by atoms with E-state index in [0.717, 1.165) is 4.68 Å². The van der Waals surface area contributed by atoms with Crippen molar-refractivity contribution >= 4 is 17.5 Å². The van der Waals surface area contributed by atoms with E-state index in [9.17, 15) is 18.0 Å². The maximum Gasteiger partial charge on any atom is 0.436 e. The van der Waals surface area contributed by atoms with Crippen molar-refractivity contribution in [3.63, 3.8) is 0 Å². The maximum atomic E-state index is 12.9. The molecule has 1 N–H and O–H groups in total. The van der Waals surface area contributed by atoms with Crippen LogP contribution in [-0.2, 0) is 11.0 Å². The van der Waals surface area contributed by atoms with Gasteiger partial charge in [0, 0.05) is 24.7 Å². The van der Waals surface area contributed by atoms with E-state index in [2.05, 4.69) is 43.0 Å². The van der Waals surface area contributed by atoms with E-state index in [4.69, 9.17) is 11.6 Å². The predicted molar refractivity (Wildman–Crippen MR) is 96.3 cm³/mol. The molecule has 0 aliphatic heterocycles. The number of carbonyl (C=O) groups excluding carboxylic acids is 1. The van der Waals surface area contributed by atoms with Crippen molar-refractivity contribution < 1.29 is 18.0 Å². The molecule has 0 aliphatic rings. The first-order valence-corrected chi connectivity index (χ1v) is 9.03. The zero-order valence-electron chi connectivity index (χ0n) is 16.3. The fourth-order valence-corrected chi connectivity index (χ4v) is 3.14. The van der Waals surface area contributed by atoms with E-state index in [-0.39, 0.29) is 11.7 Å². The lowest BCUT2D eigenvalue weighted by atomic mass is 10.2. The second-order valence-corrected chi connectivity index (χ2v) is 7.54. The van der Waals surface area contributed by atoms with Crippen molar-refractivity contribution in [1.82, 2.24) is 20.0 Å². The molecular formula is C17H28ClF3N4O. The van der Waals surface area contributed by atoms with Crippen molar-refractivity contribution in [2.45, 2.75) is 78.8 Å². The summed E-state index contributed by atoms with van der Waals surface area (Å²) in [7, 11) is 0. The average Bonchev–Trinajstić information content (AvgIpc) is 2.79. The van der Waals surface area contributed by atoms with E-state index in [0.29, 0.717) is 18.6 Å². The minimum Gasteiger partial charge on any atom is -0.351 e. The Morgan fingerprint density at radius 1 is 1.19 bits per heavy atom. The van der Waals surface area contributed by atoms with Crippen molar-refractivity contribution in [2.75, 3.05) is 6.54 Å². The van der Waals surface area contributed by atoms with Gasteiger partial charge in [0.05, 0.1) is 10.7 Å². The summed E-state index contributed by atoms with van der Waals surface area (Å²) in [6.07, 6.45) is -4.66. The summed E-state index contributed by atoms with van der Waals surface area (Å²) < 4.78 is 39.9. The molecule has 0 aromatic carbocycles. The Balaban J connectivity index is 2.88. The van der Waals surface area contributed by atoms with Crippen LogP contribution in [-0.4, -0.2) is 45.3 Å². The predicted octanol–water partition coefficient (Wildman–Crippen LogP) is 4.05. The monoisotopic (exact) mass is 396 g/mol. The molecule has 0 aliphatic carbocycles. The summed E-state index contributed by atoms with van der Waals surface area (Å²) in [4.78, 5) is 14.7. The van der Waals surface area contributed by atoms with Crippen molar-refractivity contribution in [1.29, 1.82) is 0 Å². The molecule has 5 nitrogen and oxygen atoms in total. The maximum absolute atomic E-state index is 12.9. The number of aromatic nitrogens is 2. The number of halogens is 4. The van der Waals surface area contributed by atoms with Gasteiger partial charge >= 0.3 is 6.18 Å². The Hall–Kier alpha value is -1.28. The van der Waals surface area contributed by atoms with Gasteiger partial charge < -0.3 is 5.32 Å². The van der Waals surface area contributed by atoms with Crippen LogP contribution < -0.4 is 5.32 Å². The van der Waals surface area contributed by atoms with Gasteiger partial charge in [-0.05, 0) is 48.5 Å². The molecule has 0 saturated carbocycles. The zero-order valence-corrected chi connectivity index (χ0v) is 17.0. The van der Waals surface area contributed by atoms with Crippen LogP contribution in [0.3, 0.4) is 0 Å². The number of nitrogens with one attached hydrogen (secondary N) is 1. The number of hydrogen-bond acceptors (Lipinski definition) is 3. The van der Waals surface area contributed by atoms with Gasteiger partial charge in [-0.25, -0.2) is 0 Å². The van der Waals surface area contributed by atoms with E-state index in [1.165, 1.54) is 13.8 Å². The number of nitrogens with zero attached hydrogens (tertiary/aromatic N) is 3. The van der Waals surface area contributed by atoms with E-state index >= 15 is 0 Å². The molecule has 0 radical (unpaired) electrons. The minimum absolute atomic E-state index is 0.111. The highest BCUT2D eigenvalue weighted by Gasteiger charge is 2.39. The zero-order chi connectivity index (χ0) is 20.4. The quantitative estimate of drug-likeness (QED) is 0.756. The minimum atomic E-state index is -4.66. The van der Waals surface area contributed by atoms with Crippen LogP contribution in [0.25, 0.3) is 0 Å². The molecular weight excluding hydrogens is 369 g/mol. The van der Waals surface area contributed by atoms with Crippen LogP contribution in [0.2, 0.25) is 5.02 Å².